The maximum absolute atomic E-state index is 12.5. The van der Waals surface area contributed by atoms with Gasteiger partial charge in [0.15, 0.2) is 5.71 Å². The van der Waals surface area contributed by atoms with Gasteiger partial charge in [-0.1, -0.05) is 49.0 Å². The van der Waals surface area contributed by atoms with Crippen LogP contribution in [0, 0.1) is 0 Å². The zero-order chi connectivity index (χ0) is 18.2. The highest BCUT2D eigenvalue weighted by Gasteiger charge is 2.17. The fourth-order valence-corrected chi connectivity index (χ4v) is 2.65. The van der Waals surface area contributed by atoms with Crippen LogP contribution in [0.5, 0.6) is 0 Å². The largest absolute Gasteiger partial charge is 0.494 e. The predicted octanol–water partition coefficient (Wildman–Crippen LogP) is 4.22. The number of para-hydroxylation sites is 1. The summed E-state index contributed by atoms with van der Waals surface area (Å²) < 4.78 is 11.2. The molecule has 26 heavy (non-hydrogen) atoms. The minimum atomic E-state index is -0.437. The van der Waals surface area contributed by atoms with Gasteiger partial charge >= 0.3 is 5.97 Å². The van der Waals surface area contributed by atoms with Crippen LogP contribution in [0.3, 0.4) is 0 Å². The normalized spacial score (nSPS) is 18.2. The monoisotopic (exact) mass is 350 g/mol. The van der Waals surface area contributed by atoms with E-state index < -0.39 is 5.97 Å². The van der Waals surface area contributed by atoms with E-state index in [0.29, 0.717) is 24.5 Å². The number of nitrogens with zero attached hydrogens (tertiary/aromatic N) is 1. The van der Waals surface area contributed by atoms with Crippen LogP contribution in [-0.2, 0) is 14.3 Å². The van der Waals surface area contributed by atoms with Crippen molar-refractivity contribution in [1.29, 1.82) is 0 Å². The number of benzene rings is 2. The molecule has 0 unspecified atom stereocenters. The second-order valence-electron chi connectivity index (χ2n) is 5.95. The summed E-state index contributed by atoms with van der Waals surface area (Å²) in [6.07, 6.45) is 2.58. The highest BCUT2D eigenvalue weighted by molar-refractivity contribution is 6.43. The van der Waals surface area contributed by atoms with Crippen LogP contribution in [0.2, 0.25) is 0 Å². The van der Waals surface area contributed by atoms with Gasteiger partial charge in [0.25, 0.3) is 0 Å². The quantitative estimate of drug-likeness (QED) is 0.783. The van der Waals surface area contributed by atoms with Crippen molar-refractivity contribution in [3.05, 3.63) is 72.3 Å². The lowest BCUT2D eigenvalue weighted by molar-refractivity contribution is -0.135. The van der Waals surface area contributed by atoms with E-state index in [2.05, 4.69) is 17.1 Å². The molecule has 0 amide bonds. The van der Waals surface area contributed by atoms with Gasteiger partial charge in [0.2, 0.25) is 0 Å². The van der Waals surface area contributed by atoms with Gasteiger partial charge in [-0.15, -0.1) is 0 Å². The molecule has 3 rings (SSSR count). The maximum atomic E-state index is 12.5. The van der Waals surface area contributed by atoms with Crippen molar-refractivity contribution < 1.29 is 14.3 Å². The molecule has 0 bridgehead atoms. The van der Waals surface area contributed by atoms with Gasteiger partial charge in [-0.25, -0.2) is 4.79 Å². The molecule has 2 aromatic rings. The molecule has 2 aromatic carbocycles. The first-order valence-electron chi connectivity index (χ1n) is 8.73. The van der Waals surface area contributed by atoms with E-state index in [4.69, 9.17) is 9.47 Å². The van der Waals surface area contributed by atoms with Crippen LogP contribution in [0.15, 0.2) is 66.3 Å². The van der Waals surface area contributed by atoms with Crippen molar-refractivity contribution in [2.24, 2.45) is 5.10 Å². The Balaban J connectivity index is 1.96. The van der Waals surface area contributed by atoms with Crippen LogP contribution in [0.25, 0.3) is 5.76 Å². The van der Waals surface area contributed by atoms with Gasteiger partial charge in [0.05, 0.1) is 18.9 Å². The molecule has 5 nitrogen and oxygen atoms in total. The van der Waals surface area contributed by atoms with Crippen LogP contribution < -0.4 is 5.43 Å². The van der Waals surface area contributed by atoms with E-state index in [1.165, 1.54) is 0 Å². The Morgan fingerprint density at radius 2 is 1.58 bits per heavy atom. The molecule has 0 fully saturated rings. The lowest BCUT2D eigenvalue weighted by Gasteiger charge is -2.15. The molecule has 0 aromatic heterocycles. The first-order valence-corrected chi connectivity index (χ1v) is 8.73. The summed E-state index contributed by atoms with van der Waals surface area (Å²) in [4.78, 5) is 12.5. The molecule has 0 saturated carbocycles. The van der Waals surface area contributed by atoms with Crippen molar-refractivity contribution in [2.75, 3.05) is 18.6 Å². The fourth-order valence-electron chi connectivity index (χ4n) is 2.65. The van der Waals surface area contributed by atoms with Gasteiger partial charge in [-0.2, -0.15) is 5.10 Å². The number of cyclic esters (lactones) is 1. The highest BCUT2D eigenvalue weighted by atomic mass is 16.5. The minimum Gasteiger partial charge on any atom is -0.494 e. The summed E-state index contributed by atoms with van der Waals surface area (Å²) in [7, 11) is 0. The molecule has 1 aliphatic rings. The number of nitrogens with one attached hydrogen (secondary N) is 1. The first-order chi connectivity index (χ1) is 12.8. The number of carbonyl (C=O) groups is 1. The Bertz CT molecular complexity index is 800. The molecule has 134 valence electrons. The van der Waals surface area contributed by atoms with E-state index >= 15 is 0 Å². The van der Waals surface area contributed by atoms with E-state index in [1.807, 2.05) is 54.6 Å². The Morgan fingerprint density at radius 1 is 0.885 bits per heavy atom. The van der Waals surface area contributed by atoms with Gasteiger partial charge in [0.1, 0.15) is 5.76 Å². The Hall–Kier alpha value is -3.08. The Kier molecular flexibility index (Phi) is 6.04. The SMILES string of the molecule is C=C1OCCCCCOC(=O)/C(c2ccccc2)=N\Nc2ccccc21. The van der Waals surface area contributed by atoms with E-state index in [0.717, 1.165) is 30.5 Å². The number of hydrazone groups is 1. The second-order valence-corrected chi connectivity index (χ2v) is 5.95. The number of hydrogen-bond donors (Lipinski definition) is 1. The number of esters is 1. The lowest BCUT2D eigenvalue weighted by atomic mass is 10.1. The van der Waals surface area contributed by atoms with Crippen LogP contribution in [0.1, 0.15) is 30.4 Å². The number of rotatable bonds is 1. The minimum absolute atomic E-state index is 0.240. The lowest BCUT2D eigenvalue weighted by Crippen LogP contribution is -2.21. The topological polar surface area (TPSA) is 59.9 Å². The Morgan fingerprint density at radius 3 is 2.38 bits per heavy atom. The molecule has 5 heteroatoms. The fraction of sp³-hybridized carbons (Fsp3) is 0.238. The summed E-state index contributed by atoms with van der Waals surface area (Å²) >= 11 is 0. The van der Waals surface area contributed by atoms with Crippen LogP contribution in [0.4, 0.5) is 5.69 Å². The van der Waals surface area contributed by atoms with E-state index in [-0.39, 0.29) is 5.71 Å². The molecule has 0 spiro atoms. The molecule has 1 aliphatic heterocycles. The van der Waals surface area contributed by atoms with Gasteiger partial charge in [0, 0.05) is 11.1 Å². The number of anilines is 1. The molecular weight excluding hydrogens is 328 g/mol. The average molecular weight is 350 g/mol. The molecule has 0 saturated heterocycles. The summed E-state index contributed by atoms with van der Waals surface area (Å²) in [5.41, 5.74) is 5.44. The number of ether oxygens (including phenoxy) is 2. The first kappa shape index (κ1) is 17.7. The predicted molar refractivity (Wildman–Crippen MR) is 103 cm³/mol. The highest BCUT2D eigenvalue weighted by Crippen LogP contribution is 2.24. The van der Waals surface area contributed by atoms with Crippen molar-refractivity contribution in [1.82, 2.24) is 0 Å². The van der Waals surface area contributed by atoms with E-state index in [9.17, 15) is 4.79 Å². The van der Waals surface area contributed by atoms with Gasteiger partial charge in [-0.05, 0) is 31.4 Å². The summed E-state index contributed by atoms with van der Waals surface area (Å²) in [6, 6.07) is 16.9. The zero-order valence-electron chi connectivity index (χ0n) is 14.6. The van der Waals surface area contributed by atoms with Crippen molar-refractivity contribution in [3.8, 4) is 0 Å². The van der Waals surface area contributed by atoms with Crippen LogP contribution in [-0.4, -0.2) is 24.9 Å². The molecular formula is C21H22N2O3. The summed E-state index contributed by atoms with van der Waals surface area (Å²) in [6.45, 7) is 4.96. The molecule has 0 radical (unpaired) electrons. The van der Waals surface area contributed by atoms with Crippen LogP contribution >= 0.6 is 0 Å². The molecule has 0 aliphatic carbocycles. The maximum Gasteiger partial charge on any atom is 0.359 e. The molecule has 1 heterocycles. The van der Waals surface area contributed by atoms with E-state index in [1.54, 1.807) is 0 Å². The number of carbonyl (C=O) groups excluding carboxylic acids is 1. The second kappa shape index (κ2) is 8.85. The number of hydrogen-bond acceptors (Lipinski definition) is 5. The summed E-state index contributed by atoms with van der Waals surface area (Å²) in [5.74, 6) is 0.150. The average Bonchev–Trinajstić information content (AvgIpc) is 2.68. The molecule has 1 N–H and O–H groups in total. The number of fused-ring (bicyclic) bond motifs is 1. The van der Waals surface area contributed by atoms with Gasteiger partial charge < -0.3 is 9.47 Å². The third-order valence-corrected chi connectivity index (χ3v) is 4.05. The third kappa shape index (κ3) is 4.51. The smallest absolute Gasteiger partial charge is 0.359 e. The standard InChI is InChI=1S/C21H22N2O3/c1-16-18-12-6-7-13-19(18)22-23-20(17-10-4-2-5-11-17)21(24)26-15-9-3-8-14-25-16/h2,4-7,10-13,22H,1,3,8-9,14-15H2/b23-20-. The zero-order valence-corrected chi connectivity index (χ0v) is 14.6. The van der Waals surface area contributed by atoms with Crippen molar-refractivity contribution >= 4 is 23.1 Å². The third-order valence-electron chi connectivity index (χ3n) is 4.05. The van der Waals surface area contributed by atoms with Crippen molar-refractivity contribution in [2.45, 2.75) is 19.3 Å². The Labute approximate surface area is 153 Å². The van der Waals surface area contributed by atoms with Crippen molar-refractivity contribution in [3.63, 3.8) is 0 Å². The summed E-state index contributed by atoms with van der Waals surface area (Å²) in [5, 5.41) is 4.33. The molecule has 0 atom stereocenters. The van der Waals surface area contributed by atoms with Gasteiger partial charge in [-0.3, -0.25) is 5.43 Å².